The average Bonchev–Trinajstić information content (AvgIpc) is 2.98. The number of carboxylic acid groups (broad SMARTS) is 2. The van der Waals surface area contributed by atoms with Crippen LogP contribution in [0.1, 0.15) is 12.0 Å². The fourth-order valence-corrected chi connectivity index (χ4v) is 3.95. The number of aliphatic carboxylic acids is 2. The molecule has 2 aliphatic carbocycles. The summed E-state index contributed by atoms with van der Waals surface area (Å²) in [6.45, 7) is -0.000414. The van der Waals surface area contributed by atoms with Crippen molar-refractivity contribution >= 4 is 35.1 Å². The molecular formula is C15H14Cl2FNO5. The fourth-order valence-electron chi connectivity index (χ4n) is 3.63. The average molecular weight is 378 g/mol. The summed E-state index contributed by atoms with van der Waals surface area (Å²) in [5.41, 5.74) is 1.84. The SMILES string of the molecule is N[C@]1(C(=O)O)[C@@H](OCc2ccc(Cl)c(Cl)c2)C[C@H]2[C@@H]1[C@]2(F)C(=O)O. The molecule has 2 fully saturated rings. The highest BCUT2D eigenvalue weighted by atomic mass is 35.5. The van der Waals surface area contributed by atoms with Crippen LogP contribution in [0, 0.1) is 11.8 Å². The Labute approximate surface area is 146 Å². The molecule has 0 radical (unpaired) electrons. The van der Waals surface area contributed by atoms with Crippen LogP contribution in [0.25, 0.3) is 0 Å². The van der Waals surface area contributed by atoms with Crippen molar-refractivity contribution in [1.29, 1.82) is 0 Å². The van der Waals surface area contributed by atoms with Gasteiger partial charge < -0.3 is 20.7 Å². The molecule has 0 bridgehead atoms. The summed E-state index contributed by atoms with van der Waals surface area (Å²) in [7, 11) is 0. The molecule has 130 valence electrons. The van der Waals surface area contributed by atoms with E-state index in [1.807, 2.05) is 0 Å². The standard InChI is InChI=1S/C15H14Cl2FNO5/c16-8-2-1-6(3-9(8)17)5-24-10-4-7-11(14(7,18)12(20)21)15(10,19)13(22)23/h1-3,7,10-11H,4-5,19H2,(H,20,21)(H,22,23)/t7-,10-,11+,14-,15+/m0/s1. The summed E-state index contributed by atoms with van der Waals surface area (Å²) < 4.78 is 20.0. The van der Waals surface area contributed by atoms with E-state index in [9.17, 15) is 19.1 Å². The lowest BCUT2D eigenvalue weighted by Gasteiger charge is -2.31. The van der Waals surface area contributed by atoms with Gasteiger partial charge >= 0.3 is 11.9 Å². The number of benzene rings is 1. The Hall–Kier alpha value is -1.41. The molecule has 1 aromatic rings. The van der Waals surface area contributed by atoms with Gasteiger partial charge in [-0.3, -0.25) is 4.79 Å². The molecule has 0 heterocycles. The summed E-state index contributed by atoms with van der Waals surface area (Å²) >= 11 is 11.7. The van der Waals surface area contributed by atoms with Crippen molar-refractivity contribution in [2.75, 3.05) is 0 Å². The minimum atomic E-state index is -2.60. The first-order chi connectivity index (χ1) is 11.1. The summed E-state index contributed by atoms with van der Waals surface area (Å²) in [4.78, 5) is 22.7. The first-order valence-electron chi connectivity index (χ1n) is 7.13. The van der Waals surface area contributed by atoms with E-state index in [1.165, 1.54) is 0 Å². The molecule has 4 N–H and O–H groups in total. The molecule has 9 heteroatoms. The van der Waals surface area contributed by atoms with Crippen molar-refractivity contribution in [3.63, 3.8) is 0 Å². The zero-order valence-corrected chi connectivity index (χ0v) is 13.7. The molecule has 5 atom stereocenters. The zero-order valence-electron chi connectivity index (χ0n) is 12.2. The molecule has 0 unspecified atom stereocenters. The minimum Gasteiger partial charge on any atom is -0.480 e. The molecule has 0 spiro atoms. The Balaban J connectivity index is 1.76. The summed E-state index contributed by atoms with van der Waals surface area (Å²) in [6.07, 6.45) is -1.07. The number of halogens is 3. The van der Waals surface area contributed by atoms with Crippen molar-refractivity contribution in [3.05, 3.63) is 33.8 Å². The Bertz CT molecular complexity index is 732. The third-order valence-corrected chi connectivity index (χ3v) is 5.67. The second-order valence-corrected chi connectivity index (χ2v) is 6.99. The van der Waals surface area contributed by atoms with E-state index in [2.05, 4.69) is 0 Å². The number of alkyl halides is 1. The van der Waals surface area contributed by atoms with E-state index in [4.69, 9.17) is 38.8 Å². The lowest BCUT2D eigenvalue weighted by molar-refractivity contribution is -0.156. The highest BCUT2D eigenvalue weighted by molar-refractivity contribution is 6.42. The van der Waals surface area contributed by atoms with Gasteiger partial charge in [0.25, 0.3) is 0 Å². The van der Waals surface area contributed by atoms with Crippen LogP contribution in [0.2, 0.25) is 10.0 Å². The number of nitrogens with two attached hydrogens (primary N) is 1. The van der Waals surface area contributed by atoms with Crippen molar-refractivity contribution in [2.24, 2.45) is 17.6 Å². The van der Waals surface area contributed by atoms with Crippen LogP contribution < -0.4 is 5.73 Å². The lowest BCUT2D eigenvalue weighted by atomic mass is 9.88. The van der Waals surface area contributed by atoms with Crippen molar-refractivity contribution < 1.29 is 28.9 Å². The monoisotopic (exact) mass is 377 g/mol. The van der Waals surface area contributed by atoms with Crippen molar-refractivity contribution in [3.8, 4) is 0 Å². The van der Waals surface area contributed by atoms with Gasteiger partial charge in [-0.2, -0.15) is 0 Å². The van der Waals surface area contributed by atoms with Crippen LogP contribution in [-0.2, 0) is 20.9 Å². The summed E-state index contributed by atoms with van der Waals surface area (Å²) in [5, 5.41) is 19.1. The number of ether oxygens (including phenoxy) is 1. The predicted octanol–water partition coefficient (Wildman–Crippen LogP) is 2.10. The van der Waals surface area contributed by atoms with Crippen LogP contribution in [-0.4, -0.2) is 39.5 Å². The minimum absolute atomic E-state index is 0.000414. The lowest BCUT2D eigenvalue weighted by Crippen LogP contribution is -2.60. The predicted molar refractivity (Wildman–Crippen MR) is 82.7 cm³/mol. The molecule has 0 aromatic heterocycles. The molecule has 6 nitrogen and oxygen atoms in total. The van der Waals surface area contributed by atoms with Gasteiger partial charge in [-0.15, -0.1) is 0 Å². The van der Waals surface area contributed by atoms with Gasteiger partial charge in [0.1, 0.15) is 5.54 Å². The number of hydrogen-bond donors (Lipinski definition) is 3. The second-order valence-electron chi connectivity index (χ2n) is 6.18. The highest BCUT2D eigenvalue weighted by Crippen LogP contribution is 2.67. The van der Waals surface area contributed by atoms with Gasteiger partial charge in [-0.25, -0.2) is 9.18 Å². The van der Waals surface area contributed by atoms with Crippen LogP contribution in [0.4, 0.5) is 4.39 Å². The van der Waals surface area contributed by atoms with Gasteiger partial charge in [0.15, 0.2) is 0 Å². The van der Waals surface area contributed by atoms with E-state index in [-0.39, 0.29) is 13.0 Å². The van der Waals surface area contributed by atoms with Gasteiger partial charge in [-0.1, -0.05) is 29.3 Å². The van der Waals surface area contributed by atoms with Gasteiger partial charge in [0, 0.05) is 11.8 Å². The Kier molecular flexibility index (Phi) is 4.03. The molecular weight excluding hydrogens is 364 g/mol. The third kappa shape index (κ3) is 2.30. The maximum atomic E-state index is 14.4. The number of fused-ring (bicyclic) bond motifs is 1. The highest BCUT2D eigenvalue weighted by Gasteiger charge is 2.85. The van der Waals surface area contributed by atoms with Gasteiger partial charge in [0.05, 0.1) is 22.8 Å². The summed E-state index contributed by atoms with van der Waals surface area (Å²) in [6, 6.07) is 4.79. The van der Waals surface area contributed by atoms with Crippen molar-refractivity contribution in [2.45, 2.75) is 30.3 Å². The number of carboxylic acids is 2. The maximum Gasteiger partial charge on any atom is 0.342 e. The molecule has 0 aliphatic heterocycles. The van der Waals surface area contributed by atoms with E-state index in [1.54, 1.807) is 18.2 Å². The smallest absolute Gasteiger partial charge is 0.342 e. The molecule has 2 saturated carbocycles. The van der Waals surface area contributed by atoms with Crippen molar-refractivity contribution in [1.82, 2.24) is 0 Å². The normalized spacial score (nSPS) is 37.1. The summed E-state index contributed by atoms with van der Waals surface area (Å²) in [5.74, 6) is -5.43. The van der Waals surface area contributed by atoms with E-state index in [0.29, 0.717) is 15.6 Å². The van der Waals surface area contributed by atoms with Gasteiger partial charge in [-0.05, 0) is 24.1 Å². The first kappa shape index (κ1) is 17.4. The molecule has 0 saturated heterocycles. The zero-order chi connectivity index (χ0) is 17.9. The fraction of sp³-hybridized carbons (Fsp3) is 0.467. The second kappa shape index (κ2) is 5.56. The first-order valence-corrected chi connectivity index (χ1v) is 7.89. The molecule has 1 aromatic carbocycles. The molecule has 3 rings (SSSR count). The maximum absolute atomic E-state index is 14.4. The quantitative estimate of drug-likeness (QED) is 0.724. The van der Waals surface area contributed by atoms with Crippen LogP contribution in [0.15, 0.2) is 18.2 Å². The van der Waals surface area contributed by atoms with E-state index < -0.39 is 41.1 Å². The van der Waals surface area contributed by atoms with E-state index >= 15 is 0 Å². The number of rotatable bonds is 5. The molecule has 2 aliphatic rings. The number of carbonyl (C=O) groups is 2. The van der Waals surface area contributed by atoms with Crippen LogP contribution in [0.5, 0.6) is 0 Å². The third-order valence-electron chi connectivity index (χ3n) is 4.93. The van der Waals surface area contributed by atoms with E-state index in [0.717, 1.165) is 0 Å². The Morgan fingerprint density at radius 3 is 2.50 bits per heavy atom. The largest absolute Gasteiger partial charge is 0.480 e. The van der Waals surface area contributed by atoms with Gasteiger partial charge in [0.2, 0.25) is 5.67 Å². The Morgan fingerprint density at radius 1 is 1.29 bits per heavy atom. The van der Waals surface area contributed by atoms with Crippen LogP contribution in [0.3, 0.4) is 0 Å². The van der Waals surface area contributed by atoms with Crippen LogP contribution >= 0.6 is 23.2 Å². The molecule has 0 amide bonds. The Morgan fingerprint density at radius 2 is 1.96 bits per heavy atom. The number of hydrogen-bond acceptors (Lipinski definition) is 4. The molecule has 24 heavy (non-hydrogen) atoms. The topological polar surface area (TPSA) is 110 Å².